The zero-order valence-corrected chi connectivity index (χ0v) is 18.6. The molecule has 0 saturated heterocycles. The molecular weight excluding hydrogens is 447 g/mol. The van der Waals surface area contributed by atoms with Gasteiger partial charge in [0.25, 0.3) is 5.91 Å². The minimum absolute atomic E-state index is 0.323. The van der Waals surface area contributed by atoms with Crippen LogP contribution in [0.25, 0.3) is 15.3 Å². The molecule has 0 radical (unpaired) electrons. The van der Waals surface area contributed by atoms with E-state index in [4.69, 9.17) is 28.2 Å². The zero-order chi connectivity index (χ0) is 20.1. The lowest BCUT2D eigenvalue weighted by molar-refractivity contribution is 0.102. The van der Waals surface area contributed by atoms with Crippen molar-refractivity contribution in [1.82, 2.24) is 14.8 Å². The number of fused-ring (bicyclic) bond motifs is 2. The molecule has 5 rings (SSSR count). The van der Waals surface area contributed by atoms with Gasteiger partial charge in [0.1, 0.15) is 10.2 Å². The number of aryl methyl sites for hydroxylation is 3. The first-order chi connectivity index (χ1) is 14.0. The Morgan fingerprint density at radius 3 is 2.59 bits per heavy atom. The normalized spacial score (nSPS) is 13.6. The highest BCUT2D eigenvalue weighted by atomic mass is 35.5. The Hall–Kier alpha value is -1.93. The fraction of sp³-hybridized carbons (Fsp3) is 0.250. The second-order valence-electron chi connectivity index (χ2n) is 7.07. The number of thiazole rings is 1. The van der Waals surface area contributed by atoms with Gasteiger partial charge in [-0.25, -0.2) is 4.98 Å². The van der Waals surface area contributed by atoms with E-state index >= 15 is 0 Å². The van der Waals surface area contributed by atoms with Gasteiger partial charge in [0.05, 0.1) is 25.8 Å². The number of anilines is 1. The van der Waals surface area contributed by atoms with Crippen LogP contribution in [0.15, 0.2) is 24.3 Å². The lowest BCUT2D eigenvalue weighted by Gasteiger charge is -2.14. The standard InChI is InChI=1S/C20H16Cl2N4OS2/c1-10-6-17(24-19(27)13-9-16(21)29-18(13)22)26(25-10)20-23-14-7-11-4-2-3-5-12(11)8-15(14)28-20/h6-9H,2-5H2,1H3,(H,24,27). The van der Waals surface area contributed by atoms with E-state index < -0.39 is 0 Å². The van der Waals surface area contributed by atoms with E-state index in [-0.39, 0.29) is 5.91 Å². The quantitative estimate of drug-likeness (QED) is 0.389. The van der Waals surface area contributed by atoms with Gasteiger partial charge in [-0.2, -0.15) is 9.78 Å². The maximum atomic E-state index is 12.7. The maximum Gasteiger partial charge on any atom is 0.259 e. The van der Waals surface area contributed by atoms with E-state index in [0.717, 1.165) is 33.9 Å². The Labute approximate surface area is 185 Å². The van der Waals surface area contributed by atoms with Crippen molar-refractivity contribution in [2.24, 2.45) is 0 Å². The Balaban J connectivity index is 1.52. The lowest BCUT2D eigenvalue weighted by atomic mass is 9.92. The molecule has 0 aliphatic heterocycles. The molecular formula is C20H16Cl2N4OS2. The van der Waals surface area contributed by atoms with E-state index in [1.165, 1.54) is 35.3 Å². The van der Waals surface area contributed by atoms with E-state index in [2.05, 4.69) is 22.5 Å². The first-order valence-corrected chi connectivity index (χ1v) is 11.6. The third-order valence-electron chi connectivity index (χ3n) is 5.00. The van der Waals surface area contributed by atoms with Crippen molar-refractivity contribution < 1.29 is 4.79 Å². The van der Waals surface area contributed by atoms with Crippen molar-refractivity contribution in [2.45, 2.75) is 32.6 Å². The molecule has 1 aliphatic rings. The van der Waals surface area contributed by atoms with E-state index in [1.807, 2.05) is 13.0 Å². The molecule has 3 aromatic heterocycles. The second-order valence-corrected chi connectivity index (χ2v) is 10.4. The first kappa shape index (κ1) is 19.1. The Morgan fingerprint density at radius 2 is 1.86 bits per heavy atom. The van der Waals surface area contributed by atoms with Crippen LogP contribution in [0.4, 0.5) is 5.82 Å². The van der Waals surface area contributed by atoms with Crippen molar-refractivity contribution in [3.63, 3.8) is 0 Å². The van der Waals surface area contributed by atoms with Crippen LogP contribution in [0.5, 0.6) is 0 Å². The van der Waals surface area contributed by atoms with Crippen LogP contribution in [0, 0.1) is 6.92 Å². The zero-order valence-electron chi connectivity index (χ0n) is 15.5. The van der Waals surface area contributed by atoms with Gasteiger partial charge in [0.2, 0.25) is 5.13 Å². The van der Waals surface area contributed by atoms with Crippen molar-refractivity contribution in [3.05, 3.63) is 55.3 Å². The summed E-state index contributed by atoms with van der Waals surface area (Å²) in [5.74, 6) is 0.227. The molecule has 1 aromatic carbocycles. The van der Waals surface area contributed by atoms with Crippen molar-refractivity contribution >= 4 is 67.8 Å². The van der Waals surface area contributed by atoms with Crippen molar-refractivity contribution in [1.29, 1.82) is 0 Å². The van der Waals surface area contributed by atoms with Gasteiger partial charge < -0.3 is 5.32 Å². The molecule has 9 heteroatoms. The van der Waals surface area contributed by atoms with Gasteiger partial charge in [0.15, 0.2) is 0 Å². The number of nitrogens with zero attached hydrogens (tertiary/aromatic N) is 3. The second kappa shape index (κ2) is 7.40. The summed E-state index contributed by atoms with van der Waals surface area (Å²) in [7, 11) is 0. The SMILES string of the molecule is Cc1cc(NC(=O)c2cc(Cl)sc2Cl)n(-c2nc3cc4c(cc3s2)CCCC4)n1. The Bertz CT molecular complexity index is 1210. The summed E-state index contributed by atoms with van der Waals surface area (Å²) in [6.07, 6.45) is 4.72. The summed E-state index contributed by atoms with van der Waals surface area (Å²) in [6.45, 7) is 1.88. The number of carbonyl (C=O) groups is 1. The number of halogens is 2. The average Bonchev–Trinajstić information content (AvgIpc) is 3.35. The predicted octanol–water partition coefficient (Wildman–Crippen LogP) is 6.29. The average molecular weight is 463 g/mol. The van der Waals surface area contributed by atoms with Gasteiger partial charge in [-0.1, -0.05) is 34.5 Å². The summed E-state index contributed by atoms with van der Waals surface area (Å²) < 4.78 is 3.65. The fourth-order valence-corrected chi connectivity index (χ4v) is 6.08. The van der Waals surface area contributed by atoms with Crippen LogP contribution in [-0.2, 0) is 12.8 Å². The molecule has 5 nitrogen and oxygen atoms in total. The van der Waals surface area contributed by atoms with Crippen LogP contribution >= 0.6 is 45.9 Å². The number of rotatable bonds is 3. The number of hydrogen-bond donors (Lipinski definition) is 1. The van der Waals surface area contributed by atoms with E-state index in [1.54, 1.807) is 22.1 Å². The number of carbonyl (C=O) groups excluding carboxylic acids is 1. The van der Waals surface area contributed by atoms with Gasteiger partial charge in [-0.05, 0) is 61.9 Å². The smallest absolute Gasteiger partial charge is 0.259 e. The Kier molecular flexibility index (Phi) is 4.86. The van der Waals surface area contributed by atoms with E-state index in [0.29, 0.717) is 20.1 Å². The highest BCUT2D eigenvalue weighted by Gasteiger charge is 2.19. The number of nitrogens with one attached hydrogen (secondary N) is 1. The summed E-state index contributed by atoms with van der Waals surface area (Å²) in [5.41, 5.74) is 4.93. The summed E-state index contributed by atoms with van der Waals surface area (Å²) in [6, 6.07) is 7.84. The molecule has 0 fully saturated rings. The number of aromatic nitrogens is 3. The van der Waals surface area contributed by atoms with E-state index in [9.17, 15) is 4.79 Å². The highest BCUT2D eigenvalue weighted by Crippen LogP contribution is 2.34. The molecule has 29 heavy (non-hydrogen) atoms. The van der Waals surface area contributed by atoms with Crippen LogP contribution < -0.4 is 5.32 Å². The number of thiophene rings is 1. The van der Waals surface area contributed by atoms with Gasteiger partial charge >= 0.3 is 0 Å². The molecule has 1 aliphatic carbocycles. The Morgan fingerprint density at radius 1 is 1.10 bits per heavy atom. The molecule has 0 bridgehead atoms. The molecule has 1 N–H and O–H groups in total. The van der Waals surface area contributed by atoms with Gasteiger partial charge in [-0.15, -0.1) is 11.3 Å². The summed E-state index contributed by atoms with van der Waals surface area (Å²) in [5, 5.41) is 8.16. The molecule has 3 heterocycles. The minimum Gasteiger partial charge on any atom is -0.306 e. The fourth-order valence-electron chi connectivity index (χ4n) is 3.65. The molecule has 148 valence electrons. The van der Waals surface area contributed by atoms with Crippen molar-refractivity contribution in [3.8, 4) is 5.13 Å². The largest absolute Gasteiger partial charge is 0.306 e. The molecule has 0 spiro atoms. The van der Waals surface area contributed by atoms with Crippen molar-refractivity contribution in [2.75, 3.05) is 5.32 Å². The van der Waals surface area contributed by atoms with Crippen LogP contribution in [0.2, 0.25) is 8.67 Å². The van der Waals surface area contributed by atoms with Crippen LogP contribution in [0.3, 0.4) is 0 Å². The van der Waals surface area contributed by atoms with Crippen LogP contribution in [0.1, 0.15) is 40.0 Å². The molecule has 4 aromatic rings. The summed E-state index contributed by atoms with van der Waals surface area (Å²) in [4.78, 5) is 17.5. The third kappa shape index (κ3) is 3.57. The lowest BCUT2D eigenvalue weighted by Crippen LogP contribution is -2.14. The highest BCUT2D eigenvalue weighted by molar-refractivity contribution is 7.21. The van der Waals surface area contributed by atoms with Gasteiger partial charge in [0, 0.05) is 6.07 Å². The van der Waals surface area contributed by atoms with Gasteiger partial charge in [-0.3, -0.25) is 4.79 Å². The number of amides is 1. The molecule has 0 unspecified atom stereocenters. The topological polar surface area (TPSA) is 59.8 Å². The molecule has 1 amide bonds. The number of benzene rings is 1. The maximum absolute atomic E-state index is 12.7. The molecule has 0 saturated carbocycles. The number of hydrogen-bond acceptors (Lipinski definition) is 5. The first-order valence-electron chi connectivity index (χ1n) is 9.23. The summed E-state index contributed by atoms with van der Waals surface area (Å²) >= 11 is 14.8. The minimum atomic E-state index is -0.323. The van der Waals surface area contributed by atoms with Crippen LogP contribution in [-0.4, -0.2) is 20.7 Å². The monoisotopic (exact) mass is 462 g/mol. The third-order valence-corrected chi connectivity index (χ3v) is 7.48. The predicted molar refractivity (Wildman–Crippen MR) is 120 cm³/mol. The molecule has 0 atom stereocenters.